The summed E-state index contributed by atoms with van der Waals surface area (Å²) in [6.07, 6.45) is 4.29. The highest BCUT2D eigenvalue weighted by atomic mass is 16.5. The average Bonchev–Trinajstić information content (AvgIpc) is 3.34. The molecule has 1 spiro atoms. The third-order valence-electron chi connectivity index (χ3n) is 6.78. The van der Waals surface area contributed by atoms with Crippen molar-refractivity contribution in [1.82, 2.24) is 9.80 Å². The van der Waals surface area contributed by atoms with Crippen molar-refractivity contribution in [3.8, 4) is 0 Å². The first-order valence-corrected chi connectivity index (χ1v) is 10.6. The molecule has 3 rings (SSSR count). The van der Waals surface area contributed by atoms with Crippen molar-refractivity contribution in [3.05, 3.63) is 12.7 Å². The highest BCUT2D eigenvalue weighted by Gasteiger charge is 2.75. The Morgan fingerprint density at radius 3 is 2.72 bits per heavy atom. The van der Waals surface area contributed by atoms with Gasteiger partial charge in [-0.1, -0.05) is 26.3 Å². The summed E-state index contributed by atoms with van der Waals surface area (Å²) >= 11 is 0. The smallest absolute Gasteiger partial charge is 0.310 e. The van der Waals surface area contributed by atoms with Crippen LogP contribution in [-0.4, -0.2) is 81.3 Å². The fourth-order valence-electron chi connectivity index (χ4n) is 5.43. The van der Waals surface area contributed by atoms with Gasteiger partial charge >= 0.3 is 5.97 Å². The lowest BCUT2D eigenvalue weighted by Gasteiger charge is -2.39. The second-order valence-electron chi connectivity index (χ2n) is 8.31. The van der Waals surface area contributed by atoms with E-state index in [1.807, 2.05) is 13.8 Å². The van der Waals surface area contributed by atoms with Crippen molar-refractivity contribution >= 4 is 17.8 Å². The largest absolute Gasteiger partial charge is 0.481 e. The molecular weight excluding hydrogens is 376 g/mol. The Labute approximate surface area is 171 Å². The Balaban J connectivity index is 2.05. The van der Waals surface area contributed by atoms with Crippen molar-refractivity contribution < 1.29 is 29.3 Å². The van der Waals surface area contributed by atoms with Crippen LogP contribution in [0.1, 0.15) is 46.0 Å². The Morgan fingerprint density at radius 2 is 2.17 bits per heavy atom. The van der Waals surface area contributed by atoms with Crippen molar-refractivity contribution in [2.45, 2.75) is 69.7 Å². The van der Waals surface area contributed by atoms with Gasteiger partial charge in [-0.2, -0.15) is 0 Å². The zero-order chi connectivity index (χ0) is 21.3. The second kappa shape index (κ2) is 8.44. The molecule has 2 unspecified atom stereocenters. The monoisotopic (exact) mass is 408 g/mol. The summed E-state index contributed by atoms with van der Waals surface area (Å²) in [6, 6.07) is -1.46. The number of aliphatic hydroxyl groups is 1. The normalized spacial score (nSPS) is 33.6. The molecule has 2 N–H and O–H groups in total. The fourth-order valence-corrected chi connectivity index (χ4v) is 5.43. The molecule has 29 heavy (non-hydrogen) atoms. The van der Waals surface area contributed by atoms with E-state index < -0.39 is 41.6 Å². The van der Waals surface area contributed by atoms with Crippen LogP contribution in [0.5, 0.6) is 0 Å². The van der Waals surface area contributed by atoms with Gasteiger partial charge < -0.3 is 24.7 Å². The van der Waals surface area contributed by atoms with Gasteiger partial charge in [0.25, 0.3) is 0 Å². The van der Waals surface area contributed by atoms with Crippen LogP contribution in [0, 0.1) is 11.8 Å². The Hall–Kier alpha value is -1.93. The number of hydrogen-bond donors (Lipinski definition) is 2. The minimum Gasteiger partial charge on any atom is -0.481 e. The van der Waals surface area contributed by atoms with Gasteiger partial charge in [-0.15, -0.1) is 6.58 Å². The molecule has 0 aromatic rings. The molecular formula is C21H32N2O6. The third-order valence-corrected chi connectivity index (χ3v) is 6.78. The van der Waals surface area contributed by atoms with Crippen LogP contribution in [0.15, 0.2) is 12.7 Å². The molecule has 2 amide bonds. The Bertz CT molecular complexity index is 678. The van der Waals surface area contributed by atoms with Gasteiger partial charge in [-0.25, -0.2) is 0 Å². The number of carboxylic acid groups (broad SMARTS) is 1. The third kappa shape index (κ3) is 3.26. The van der Waals surface area contributed by atoms with Crippen LogP contribution in [0.2, 0.25) is 0 Å². The number of carbonyl (C=O) groups is 3. The molecule has 8 heteroatoms. The molecule has 3 aliphatic rings. The van der Waals surface area contributed by atoms with E-state index in [9.17, 15) is 24.6 Å². The minimum atomic E-state index is -1.13. The number of nitrogens with zero attached hydrogens (tertiary/aromatic N) is 2. The molecule has 3 aliphatic heterocycles. The molecule has 3 heterocycles. The molecule has 8 nitrogen and oxygen atoms in total. The number of ether oxygens (including phenoxy) is 1. The lowest BCUT2D eigenvalue weighted by Crippen LogP contribution is -2.58. The van der Waals surface area contributed by atoms with Gasteiger partial charge in [0, 0.05) is 13.1 Å². The van der Waals surface area contributed by atoms with Gasteiger partial charge in [-0.3, -0.25) is 14.4 Å². The minimum absolute atomic E-state index is 0.243. The molecule has 0 radical (unpaired) electrons. The number of carbonyl (C=O) groups excluding carboxylic acids is 2. The Kier molecular flexibility index (Phi) is 6.33. The predicted octanol–water partition coefficient (Wildman–Crippen LogP) is 1.03. The van der Waals surface area contributed by atoms with E-state index in [0.717, 1.165) is 12.8 Å². The fraction of sp³-hybridized carbons (Fsp3) is 0.762. The molecule has 0 aliphatic carbocycles. The van der Waals surface area contributed by atoms with E-state index in [2.05, 4.69) is 6.58 Å². The maximum Gasteiger partial charge on any atom is 0.310 e. The van der Waals surface area contributed by atoms with Crippen LogP contribution >= 0.6 is 0 Å². The summed E-state index contributed by atoms with van der Waals surface area (Å²) in [5.41, 5.74) is -1.13. The lowest BCUT2D eigenvalue weighted by molar-refractivity contribution is -0.153. The standard InChI is InChI=1S/C21H32N2O6/c1-4-7-11-22(10-5-2)19(26)17-21-9-8-14(29-21)15(20(27)28)16(21)18(25)23(17)13(6-3)12-24/h5,13-17,24H,2,4,6-12H2,1,3H3,(H,27,28)/t13-,14+,15-,16-,17?,21?/m0/s1. The van der Waals surface area contributed by atoms with E-state index in [0.29, 0.717) is 32.4 Å². The van der Waals surface area contributed by atoms with Crippen molar-refractivity contribution in [2.24, 2.45) is 11.8 Å². The zero-order valence-electron chi connectivity index (χ0n) is 17.2. The quantitative estimate of drug-likeness (QED) is 0.523. The number of hydrogen-bond acceptors (Lipinski definition) is 5. The lowest BCUT2D eigenvalue weighted by atomic mass is 9.70. The van der Waals surface area contributed by atoms with Crippen molar-refractivity contribution in [2.75, 3.05) is 19.7 Å². The van der Waals surface area contributed by atoms with Gasteiger partial charge in [0.05, 0.1) is 30.6 Å². The predicted molar refractivity (Wildman–Crippen MR) is 105 cm³/mol. The van der Waals surface area contributed by atoms with Gasteiger partial charge in [0.1, 0.15) is 11.6 Å². The molecule has 0 aromatic carbocycles. The molecule has 0 saturated carbocycles. The zero-order valence-corrected chi connectivity index (χ0v) is 17.2. The first-order chi connectivity index (χ1) is 13.9. The Morgan fingerprint density at radius 1 is 1.45 bits per heavy atom. The molecule has 162 valence electrons. The van der Waals surface area contributed by atoms with Crippen LogP contribution < -0.4 is 0 Å². The highest BCUT2D eigenvalue weighted by molar-refractivity contribution is 5.98. The van der Waals surface area contributed by atoms with Crippen LogP contribution in [0.25, 0.3) is 0 Å². The van der Waals surface area contributed by atoms with E-state index >= 15 is 0 Å². The van der Waals surface area contributed by atoms with Gasteiger partial charge in [-0.05, 0) is 25.7 Å². The summed E-state index contributed by atoms with van der Waals surface area (Å²) in [5, 5.41) is 19.7. The van der Waals surface area contributed by atoms with Crippen LogP contribution in [-0.2, 0) is 19.1 Å². The molecule has 3 saturated heterocycles. The van der Waals surface area contributed by atoms with Crippen LogP contribution in [0.4, 0.5) is 0 Å². The first-order valence-electron chi connectivity index (χ1n) is 10.6. The number of aliphatic carboxylic acids is 1. The van der Waals surface area contributed by atoms with Crippen molar-refractivity contribution in [1.29, 1.82) is 0 Å². The number of aliphatic hydroxyl groups excluding tert-OH is 1. The summed E-state index contributed by atoms with van der Waals surface area (Å²) in [6.45, 7) is 8.21. The van der Waals surface area contributed by atoms with Gasteiger partial charge in [0.2, 0.25) is 11.8 Å². The molecule has 3 fully saturated rings. The van der Waals surface area contributed by atoms with Crippen molar-refractivity contribution in [3.63, 3.8) is 0 Å². The van der Waals surface area contributed by atoms with E-state index in [1.54, 1.807) is 11.0 Å². The number of amides is 2. The van der Waals surface area contributed by atoms with E-state index in [4.69, 9.17) is 4.74 Å². The highest BCUT2D eigenvalue weighted by Crippen LogP contribution is 2.59. The number of rotatable bonds is 10. The summed E-state index contributed by atoms with van der Waals surface area (Å²) in [5.74, 6) is -3.52. The average molecular weight is 408 g/mol. The molecule has 6 atom stereocenters. The van der Waals surface area contributed by atoms with Gasteiger partial charge in [0.15, 0.2) is 0 Å². The molecule has 2 bridgehead atoms. The maximum atomic E-state index is 13.7. The SMILES string of the molecule is C=CCN(CCCC)C(=O)C1N([C@@H](CC)CO)C(=O)[C@@H]2[C@@H](C(=O)O)[C@H]3CCC12O3. The van der Waals surface area contributed by atoms with Crippen LogP contribution in [0.3, 0.4) is 0 Å². The number of unbranched alkanes of at least 4 members (excludes halogenated alkanes) is 1. The topological polar surface area (TPSA) is 107 Å². The summed E-state index contributed by atoms with van der Waals surface area (Å²) in [7, 11) is 0. The summed E-state index contributed by atoms with van der Waals surface area (Å²) < 4.78 is 6.17. The number of likely N-dealkylation sites (tertiary alicyclic amines) is 1. The number of fused-ring (bicyclic) bond motifs is 1. The molecule has 0 aromatic heterocycles. The summed E-state index contributed by atoms with van der Waals surface area (Å²) in [4.78, 5) is 42.2. The first kappa shape index (κ1) is 21.8. The number of carboxylic acids is 1. The maximum absolute atomic E-state index is 13.7. The van der Waals surface area contributed by atoms with E-state index in [-0.39, 0.29) is 18.4 Å². The van der Waals surface area contributed by atoms with E-state index in [1.165, 1.54) is 4.90 Å². The second-order valence-corrected chi connectivity index (χ2v) is 8.31.